The minimum atomic E-state index is -2.61. The van der Waals surface area contributed by atoms with E-state index in [9.17, 15) is 13.6 Å². The number of hydrogen-bond acceptors (Lipinski definition) is 4. The van der Waals surface area contributed by atoms with Crippen LogP contribution in [0.15, 0.2) is 0 Å². The average Bonchev–Trinajstić information content (AvgIpc) is 2.23. The average molecular weight is 256 g/mol. The van der Waals surface area contributed by atoms with Crippen LogP contribution in [0.1, 0.15) is 6.42 Å². The van der Waals surface area contributed by atoms with Crippen LogP contribution in [0.4, 0.5) is 8.78 Å². The highest BCUT2D eigenvalue weighted by atomic mass is 32.2. The maximum absolute atomic E-state index is 12.2. The van der Waals surface area contributed by atoms with E-state index in [0.29, 0.717) is 12.2 Å². The fraction of sp³-hybridized carbons (Fsp3) is 0.889. The van der Waals surface area contributed by atoms with E-state index in [1.165, 1.54) is 11.8 Å². The molecule has 7 heteroatoms. The predicted molar refractivity (Wildman–Crippen MR) is 60.6 cm³/mol. The van der Waals surface area contributed by atoms with Crippen molar-refractivity contribution < 1.29 is 18.7 Å². The highest BCUT2D eigenvalue weighted by Crippen LogP contribution is 2.05. The van der Waals surface area contributed by atoms with E-state index >= 15 is 0 Å². The molecule has 0 saturated heterocycles. The summed E-state index contributed by atoms with van der Waals surface area (Å²) in [6, 6.07) is -0.766. The Balaban J connectivity index is 4.23. The second-order valence-corrected chi connectivity index (χ2v) is 4.27. The van der Waals surface area contributed by atoms with Gasteiger partial charge in [-0.05, 0) is 18.4 Å². The Bertz CT molecular complexity index is 208. The molecule has 0 bridgehead atoms. The van der Waals surface area contributed by atoms with Crippen molar-refractivity contribution in [2.45, 2.75) is 18.9 Å². The predicted octanol–water partition coefficient (Wildman–Crippen LogP) is 0.153. The molecule has 0 aromatic heterocycles. The lowest BCUT2D eigenvalue weighted by Crippen LogP contribution is -2.47. The number of nitrogens with two attached hydrogens (primary N) is 1. The van der Waals surface area contributed by atoms with Crippen LogP contribution in [0.25, 0.3) is 0 Å². The zero-order valence-electron chi connectivity index (χ0n) is 9.23. The van der Waals surface area contributed by atoms with Crippen LogP contribution in [0.2, 0.25) is 0 Å². The molecule has 0 aliphatic carbocycles. The van der Waals surface area contributed by atoms with E-state index in [4.69, 9.17) is 10.8 Å². The number of amides is 1. The summed E-state index contributed by atoms with van der Waals surface area (Å²) in [5.41, 5.74) is 5.58. The van der Waals surface area contributed by atoms with Gasteiger partial charge < -0.3 is 15.7 Å². The van der Waals surface area contributed by atoms with E-state index in [1.54, 1.807) is 0 Å². The summed E-state index contributed by atoms with van der Waals surface area (Å²) >= 11 is 1.54. The summed E-state index contributed by atoms with van der Waals surface area (Å²) in [7, 11) is 0. The van der Waals surface area contributed by atoms with Gasteiger partial charge in [-0.15, -0.1) is 0 Å². The Hall–Kier alpha value is -0.400. The number of rotatable bonds is 8. The summed E-state index contributed by atoms with van der Waals surface area (Å²) in [6.45, 7) is -1.11. The van der Waals surface area contributed by atoms with Gasteiger partial charge in [0.25, 0.3) is 6.43 Å². The van der Waals surface area contributed by atoms with Crippen LogP contribution in [0, 0.1) is 0 Å². The number of carbonyl (C=O) groups is 1. The number of hydrogen-bond donors (Lipinski definition) is 2. The SMILES string of the molecule is CSCC[C@H](N)C(=O)N(CCO)CC(F)F. The molecule has 0 unspecified atom stereocenters. The molecular weight excluding hydrogens is 238 g/mol. The number of thioether (sulfide) groups is 1. The molecule has 0 heterocycles. The van der Waals surface area contributed by atoms with Crippen LogP contribution >= 0.6 is 11.8 Å². The zero-order chi connectivity index (χ0) is 12.6. The van der Waals surface area contributed by atoms with Crippen molar-refractivity contribution in [2.75, 3.05) is 31.7 Å². The summed E-state index contributed by atoms with van der Waals surface area (Å²) in [5.74, 6) is 0.178. The highest BCUT2D eigenvalue weighted by Gasteiger charge is 2.22. The van der Waals surface area contributed by atoms with Crippen molar-refractivity contribution >= 4 is 17.7 Å². The van der Waals surface area contributed by atoms with E-state index in [-0.39, 0.29) is 13.2 Å². The Labute approximate surface area is 98.2 Å². The maximum Gasteiger partial charge on any atom is 0.255 e. The number of halogens is 2. The fourth-order valence-corrected chi connectivity index (χ4v) is 1.67. The van der Waals surface area contributed by atoms with Gasteiger partial charge in [-0.3, -0.25) is 4.79 Å². The standard InChI is InChI=1S/C9H18F2N2O2S/c1-16-5-2-7(12)9(15)13(3-4-14)6-8(10)11/h7-8,14H,2-6,12H2,1H3/t7-/m0/s1. The Morgan fingerprint density at radius 2 is 2.19 bits per heavy atom. The third-order valence-electron chi connectivity index (χ3n) is 1.99. The summed E-state index contributed by atoms with van der Waals surface area (Å²) in [6.07, 6.45) is -0.282. The van der Waals surface area contributed by atoms with Crippen LogP contribution in [-0.2, 0) is 4.79 Å². The molecule has 0 fully saturated rings. The van der Waals surface area contributed by atoms with Gasteiger partial charge in [0.1, 0.15) is 0 Å². The molecule has 96 valence electrons. The van der Waals surface area contributed by atoms with Crippen LogP contribution in [0.3, 0.4) is 0 Å². The van der Waals surface area contributed by atoms with Gasteiger partial charge >= 0.3 is 0 Å². The van der Waals surface area contributed by atoms with Gasteiger partial charge in [0.2, 0.25) is 5.91 Å². The van der Waals surface area contributed by atoms with E-state index in [0.717, 1.165) is 4.90 Å². The van der Waals surface area contributed by atoms with Crippen LogP contribution in [0.5, 0.6) is 0 Å². The van der Waals surface area contributed by atoms with Crippen molar-refractivity contribution in [3.63, 3.8) is 0 Å². The Morgan fingerprint density at radius 1 is 1.56 bits per heavy atom. The summed E-state index contributed by atoms with van der Waals surface area (Å²) in [5, 5.41) is 8.67. The minimum absolute atomic E-state index is 0.101. The Morgan fingerprint density at radius 3 is 2.62 bits per heavy atom. The van der Waals surface area contributed by atoms with Gasteiger partial charge in [0.15, 0.2) is 0 Å². The van der Waals surface area contributed by atoms with Gasteiger partial charge in [-0.2, -0.15) is 11.8 Å². The number of carbonyl (C=O) groups excluding carboxylic acids is 1. The van der Waals surface area contributed by atoms with Gasteiger partial charge in [0, 0.05) is 6.54 Å². The molecule has 1 amide bonds. The van der Waals surface area contributed by atoms with Gasteiger partial charge in [0.05, 0.1) is 19.2 Å². The lowest BCUT2D eigenvalue weighted by atomic mass is 10.2. The molecule has 0 aliphatic heterocycles. The quantitative estimate of drug-likeness (QED) is 0.649. The van der Waals surface area contributed by atoms with Gasteiger partial charge in [-0.1, -0.05) is 0 Å². The van der Waals surface area contributed by atoms with Crippen molar-refractivity contribution in [2.24, 2.45) is 5.73 Å². The molecule has 0 rings (SSSR count). The van der Waals surface area contributed by atoms with Crippen molar-refractivity contribution in [1.29, 1.82) is 0 Å². The van der Waals surface area contributed by atoms with E-state index < -0.39 is 24.9 Å². The minimum Gasteiger partial charge on any atom is -0.395 e. The zero-order valence-corrected chi connectivity index (χ0v) is 10.1. The number of alkyl halides is 2. The molecule has 16 heavy (non-hydrogen) atoms. The molecule has 0 aromatic rings. The molecule has 0 aliphatic rings. The largest absolute Gasteiger partial charge is 0.395 e. The van der Waals surface area contributed by atoms with Crippen molar-refractivity contribution in [3.8, 4) is 0 Å². The first-order chi connectivity index (χ1) is 7.52. The molecule has 0 spiro atoms. The summed E-state index contributed by atoms with van der Waals surface area (Å²) < 4.78 is 24.3. The van der Waals surface area contributed by atoms with E-state index in [2.05, 4.69) is 0 Å². The Kier molecular flexibility index (Phi) is 8.50. The van der Waals surface area contributed by atoms with Crippen molar-refractivity contribution in [3.05, 3.63) is 0 Å². The first-order valence-corrected chi connectivity index (χ1v) is 6.34. The highest BCUT2D eigenvalue weighted by molar-refractivity contribution is 7.98. The molecule has 0 saturated carbocycles. The maximum atomic E-state index is 12.2. The number of nitrogens with zero attached hydrogens (tertiary/aromatic N) is 1. The van der Waals surface area contributed by atoms with Crippen LogP contribution < -0.4 is 5.73 Å². The normalized spacial score (nSPS) is 12.9. The molecule has 0 radical (unpaired) electrons. The lowest BCUT2D eigenvalue weighted by Gasteiger charge is -2.24. The van der Waals surface area contributed by atoms with Gasteiger partial charge in [-0.25, -0.2) is 8.78 Å². The molecule has 1 atom stereocenters. The first kappa shape index (κ1) is 15.6. The fourth-order valence-electron chi connectivity index (χ4n) is 1.18. The van der Waals surface area contributed by atoms with Crippen LogP contribution in [-0.4, -0.2) is 60.1 Å². The second-order valence-electron chi connectivity index (χ2n) is 3.29. The third-order valence-corrected chi connectivity index (χ3v) is 2.63. The lowest BCUT2D eigenvalue weighted by molar-refractivity contribution is -0.135. The topological polar surface area (TPSA) is 66.6 Å². The molecule has 0 aromatic carbocycles. The molecular formula is C9H18F2N2O2S. The van der Waals surface area contributed by atoms with Crippen molar-refractivity contribution in [1.82, 2.24) is 4.90 Å². The summed E-state index contributed by atoms with van der Waals surface area (Å²) in [4.78, 5) is 12.5. The third kappa shape index (κ3) is 6.24. The monoisotopic (exact) mass is 256 g/mol. The first-order valence-electron chi connectivity index (χ1n) is 4.95. The molecule has 4 nitrogen and oxygen atoms in total. The smallest absolute Gasteiger partial charge is 0.255 e. The number of aliphatic hydroxyl groups excluding tert-OH is 1. The second kappa shape index (κ2) is 8.72. The number of aliphatic hydroxyl groups is 1. The molecule has 3 N–H and O–H groups in total. The van der Waals surface area contributed by atoms with E-state index in [1.807, 2.05) is 6.26 Å².